The van der Waals surface area contributed by atoms with Crippen molar-refractivity contribution in [2.45, 2.75) is 19.0 Å². The molecular formula is C12H13N3O3. The van der Waals surface area contributed by atoms with Crippen molar-refractivity contribution < 1.29 is 5.11 Å². The van der Waals surface area contributed by atoms with Gasteiger partial charge in [-0.25, -0.2) is 9.36 Å². The molecule has 0 aliphatic carbocycles. The highest BCUT2D eigenvalue weighted by Crippen LogP contribution is 2.19. The van der Waals surface area contributed by atoms with Gasteiger partial charge in [0.25, 0.3) is 5.56 Å². The van der Waals surface area contributed by atoms with Gasteiger partial charge in [0.15, 0.2) is 0 Å². The number of phenols is 1. The van der Waals surface area contributed by atoms with Crippen molar-refractivity contribution >= 4 is 10.9 Å². The van der Waals surface area contributed by atoms with Crippen molar-refractivity contribution in [1.82, 2.24) is 14.9 Å². The van der Waals surface area contributed by atoms with Crippen LogP contribution in [0.2, 0.25) is 0 Å². The average molecular weight is 247 g/mol. The molecule has 94 valence electrons. The molecule has 1 unspecified atom stereocenters. The fraction of sp³-hybridized carbons (Fsp3) is 0.333. The van der Waals surface area contributed by atoms with E-state index in [1.54, 1.807) is 12.1 Å². The first-order chi connectivity index (χ1) is 8.68. The third-order valence-corrected chi connectivity index (χ3v) is 3.29. The van der Waals surface area contributed by atoms with E-state index in [9.17, 15) is 14.7 Å². The van der Waals surface area contributed by atoms with Crippen molar-refractivity contribution in [2.75, 3.05) is 6.54 Å². The minimum Gasteiger partial charge on any atom is -0.506 e. The molecule has 1 aliphatic rings. The summed E-state index contributed by atoms with van der Waals surface area (Å²) in [6.07, 6.45) is 1.44. The highest BCUT2D eigenvalue weighted by Gasteiger charge is 2.21. The van der Waals surface area contributed by atoms with E-state index in [2.05, 4.69) is 10.3 Å². The maximum Gasteiger partial charge on any atom is 0.330 e. The van der Waals surface area contributed by atoms with Gasteiger partial charge in [0.2, 0.25) is 0 Å². The number of phenolic OH excluding ortho intramolecular Hbond substituents is 1. The molecule has 6 nitrogen and oxygen atoms in total. The maximum atomic E-state index is 12.3. The lowest BCUT2D eigenvalue weighted by Crippen LogP contribution is -2.41. The average Bonchev–Trinajstić information content (AvgIpc) is 2.84. The summed E-state index contributed by atoms with van der Waals surface area (Å²) >= 11 is 0. The topological polar surface area (TPSA) is 87.1 Å². The van der Waals surface area contributed by atoms with Crippen molar-refractivity contribution in [3.05, 3.63) is 39.0 Å². The fourth-order valence-corrected chi connectivity index (χ4v) is 2.41. The Hall–Kier alpha value is -2.08. The predicted molar refractivity (Wildman–Crippen MR) is 66.8 cm³/mol. The Morgan fingerprint density at radius 3 is 2.89 bits per heavy atom. The SMILES string of the molecule is O=c1[nH]c2c(O)cccc2c(=O)n1C1CCCN1. The van der Waals surface area contributed by atoms with Crippen LogP contribution in [-0.2, 0) is 0 Å². The zero-order chi connectivity index (χ0) is 12.7. The quantitative estimate of drug-likeness (QED) is 0.675. The highest BCUT2D eigenvalue weighted by atomic mass is 16.3. The second-order valence-corrected chi connectivity index (χ2v) is 4.42. The van der Waals surface area contributed by atoms with Gasteiger partial charge in [-0.3, -0.25) is 10.1 Å². The molecule has 1 aromatic carbocycles. The Kier molecular flexibility index (Phi) is 2.45. The number of hydrogen-bond donors (Lipinski definition) is 3. The summed E-state index contributed by atoms with van der Waals surface area (Å²) in [4.78, 5) is 26.8. The molecule has 0 amide bonds. The molecule has 2 heterocycles. The smallest absolute Gasteiger partial charge is 0.330 e. The zero-order valence-corrected chi connectivity index (χ0v) is 9.64. The van der Waals surface area contributed by atoms with Crippen LogP contribution < -0.4 is 16.6 Å². The summed E-state index contributed by atoms with van der Waals surface area (Å²) in [5, 5.41) is 13.1. The van der Waals surface area contributed by atoms with Gasteiger partial charge in [0.1, 0.15) is 5.75 Å². The molecule has 3 N–H and O–H groups in total. The standard InChI is InChI=1S/C12H13N3O3/c16-8-4-1-3-7-10(8)14-12(18)15(11(7)17)9-5-2-6-13-9/h1,3-4,9,13,16H,2,5-6H2,(H,14,18). The molecule has 1 aliphatic heterocycles. The molecule has 1 fully saturated rings. The van der Waals surface area contributed by atoms with Crippen LogP contribution in [0.3, 0.4) is 0 Å². The lowest BCUT2D eigenvalue weighted by molar-refractivity contribution is 0.437. The van der Waals surface area contributed by atoms with Gasteiger partial charge >= 0.3 is 5.69 Å². The number of benzene rings is 1. The largest absolute Gasteiger partial charge is 0.506 e. The van der Waals surface area contributed by atoms with Gasteiger partial charge in [-0.2, -0.15) is 0 Å². The van der Waals surface area contributed by atoms with Gasteiger partial charge in [0.05, 0.1) is 17.1 Å². The first-order valence-corrected chi connectivity index (χ1v) is 5.88. The van der Waals surface area contributed by atoms with Crippen LogP contribution in [0.15, 0.2) is 27.8 Å². The molecular weight excluding hydrogens is 234 g/mol. The predicted octanol–water partition coefficient (Wildman–Crippen LogP) is 0.277. The third kappa shape index (κ3) is 1.53. The second kappa shape index (κ2) is 3.99. The summed E-state index contributed by atoms with van der Waals surface area (Å²) < 4.78 is 1.19. The summed E-state index contributed by atoms with van der Waals surface area (Å²) in [5.41, 5.74) is -0.667. The molecule has 1 atom stereocenters. The normalized spacial score (nSPS) is 19.4. The maximum absolute atomic E-state index is 12.3. The molecule has 1 aromatic heterocycles. The van der Waals surface area contributed by atoms with Gasteiger partial charge in [-0.05, 0) is 31.5 Å². The number of rotatable bonds is 1. The third-order valence-electron chi connectivity index (χ3n) is 3.29. The van der Waals surface area contributed by atoms with Gasteiger partial charge in [-0.1, -0.05) is 6.07 Å². The van der Waals surface area contributed by atoms with Gasteiger partial charge < -0.3 is 10.1 Å². The number of hydrogen-bond acceptors (Lipinski definition) is 4. The lowest BCUT2D eigenvalue weighted by atomic mass is 10.2. The molecule has 3 rings (SSSR count). The van der Waals surface area contributed by atoms with Crippen molar-refractivity contribution in [1.29, 1.82) is 0 Å². The molecule has 6 heteroatoms. The fourth-order valence-electron chi connectivity index (χ4n) is 2.41. The molecule has 18 heavy (non-hydrogen) atoms. The van der Waals surface area contributed by atoms with E-state index in [0.717, 1.165) is 19.4 Å². The molecule has 0 saturated carbocycles. The number of nitrogens with one attached hydrogen (secondary N) is 2. The van der Waals surface area contributed by atoms with Crippen molar-refractivity contribution in [3.63, 3.8) is 0 Å². The number of aromatic nitrogens is 2. The molecule has 0 bridgehead atoms. The second-order valence-electron chi connectivity index (χ2n) is 4.42. The van der Waals surface area contributed by atoms with Crippen molar-refractivity contribution in [2.24, 2.45) is 0 Å². The molecule has 0 spiro atoms. The number of H-pyrrole nitrogens is 1. The van der Waals surface area contributed by atoms with Crippen LogP contribution in [0, 0.1) is 0 Å². The van der Waals surface area contributed by atoms with E-state index in [1.165, 1.54) is 10.6 Å². The summed E-state index contributed by atoms with van der Waals surface area (Å²) in [6, 6.07) is 4.62. The number of aromatic amines is 1. The summed E-state index contributed by atoms with van der Waals surface area (Å²) in [5.74, 6) is -0.0896. The summed E-state index contributed by atoms with van der Waals surface area (Å²) in [7, 11) is 0. The van der Waals surface area contributed by atoms with E-state index in [1.807, 2.05) is 0 Å². The minimum atomic E-state index is -0.492. The van der Waals surface area contributed by atoms with Gasteiger partial charge in [0, 0.05) is 0 Å². The van der Waals surface area contributed by atoms with E-state index in [-0.39, 0.29) is 23.0 Å². The van der Waals surface area contributed by atoms with Crippen LogP contribution in [0.5, 0.6) is 5.75 Å². The zero-order valence-electron chi connectivity index (χ0n) is 9.64. The van der Waals surface area contributed by atoms with Crippen LogP contribution in [-0.4, -0.2) is 21.2 Å². The van der Waals surface area contributed by atoms with E-state index >= 15 is 0 Å². The Morgan fingerprint density at radius 1 is 1.33 bits per heavy atom. The van der Waals surface area contributed by atoms with E-state index < -0.39 is 5.69 Å². The number of nitrogens with zero attached hydrogens (tertiary/aromatic N) is 1. The molecule has 0 radical (unpaired) electrons. The Balaban J connectivity index is 2.34. The highest BCUT2D eigenvalue weighted by molar-refractivity contribution is 5.82. The number of aromatic hydroxyl groups is 1. The van der Waals surface area contributed by atoms with Crippen LogP contribution in [0.25, 0.3) is 10.9 Å². The molecule has 1 saturated heterocycles. The minimum absolute atomic E-state index is 0.0896. The van der Waals surface area contributed by atoms with E-state index in [0.29, 0.717) is 5.39 Å². The van der Waals surface area contributed by atoms with Crippen molar-refractivity contribution in [3.8, 4) is 5.75 Å². The Morgan fingerprint density at radius 2 is 2.17 bits per heavy atom. The lowest BCUT2D eigenvalue weighted by Gasteiger charge is -2.13. The Bertz CT molecular complexity index is 711. The molecule has 2 aromatic rings. The summed E-state index contributed by atoms with van der Waals surface area (Å²) in [6.45, 7) is 0.800. The first-order valence-electron chi connectivity index (χ1n) is 5.88. The van der Waals surface area contributed by atoms with Crippen LogP contribution in [0.1, 0.15) is 19.0 Å². The van der Waals surface area contributed by atoms with Crippen LogP contribution >= 0.6 is 0 Å². The first kappa shape index (κ1) is 11.0. The number of para-hydroxylation sites is 1. The monoisotopic (exact) mass is 247 g/mol. The van der Waals surface area contributed by atoms with E-state index in [4.69, 9.17) is 0 Å². The Labute approximate surface area is 102 Å². The number of fused-ring (bicyclic) bond motifs is 1. The van der Waals surface area contributed by atoms with Crippen LogP contribution in [0.4, 0.5) is 0 Å². The van der Waals surface area contributed by atoms with Gasteiger partial charge in [-0.15, -0.1) is 0 Å².